The van der Waals surface area contributed by atoms with Gasteiger partial charge in [0.2, 0.25) is 0 Å². The topological polar surface area (TPSA) is 47.0 Å². The van der Waals surface area contributed by atoms with Crippen LogP contribution in [0.3, 0.4) is 0 Å². The van der Waals surface area contributed by atoms with Gasteiger partial charge in [-0.05, 0) is 11.1 Å². The van der Waals surface area contributed by atoms with Crippen LogP contribution < -0.4 is 4.57 Å². The van der Waals surface area contributed by atoms with Gasteiger partial charge in [-0.2, -0.15) is 0 Å². The average Bonchev–Trinajstić information content (AvgIpc) is 2.38. The molecule has 2 aromatic rings. The molecule has 1 aromatic carbocycles. The fourth-order valence-corrected chi connectivity index (χ4v) is 1.56. The van der Waals surface area contributed by atoms with Crippen LogP contribution in [0.15, 0.2) is 48.8 Å². The van der Waals surface area contributed by atoms with Gasteiger partial charge in [-0.25, -0.2) is 4.57 Å². The Bertz CT molecular complexity index is 589. The van der Waals surface area contributed by atoms with Gasteiger partial charge in [0.05, 0.1) is 4.92 Å². The lowest BCUT2D eigenvalue weighted by Crippen LogP contribution is -2.25. The van der Waals surface area contributed by atoms with E-state index in [1.807, 2.05) is 54.4 Å². The van der Waals surface area contributed by atoms with Gasteiger partial charge in [0, 0.05) is 24.3 Å². The number of rotatable bonds is 3. The minimum atomic E-state index is -0.389. The fraction of sp³-hybridized carbons (Fsp3) is 0.0714. The van der Waals surface area contributed by atoms with E-state index < -0.39 is 0 Å². The summed E-state index contributed by atoms with van der Waals surface area (Å²) in [6.45, 7) is 0. The maximum Gasteiger partial charge on any atom is 0.270 e. The smallest absolute Gasteiger partial charge is 0.258 e. The molecule has 4 heteroatoms. The van der Waals surface area contributed by atoms with Crippen molar-refractivity contribution in [1.82, 2.24) is 0 Å². The molecule has 0 spiro atoms. The number of hydrogen-bond donors (Lipinski definition) is 0. The van der Waals surface area contributed by atoms with Crippen LogP contribution in [0.2, 0.25) is 0 Å². The Morgan fingerprint density at radius 2 is 1.78 bits per heavy atom. The minimum absolute atomic E-state index is 0.108. The summed E-state index contributed by atoms with van der Waals surface area (Å²) < 4.78 is 1.95. The molecule has 2 rings (SSSR count). The molecule has 1 heterocycles. The molecule has 90 valence electrons. The van der Waals surface area contributed by atoms with Gasteiger partial charge in [-0.1, -0.05) is 24.3 Å². The number of non-ortho nitro benzene ring substituents is 1. The van der Waals surface area contributed by atoms with Crippen molar-refractivity contribution < 1.29 is 9.49 Å². The first-order chi connectivity index (χ1) is 8.65. The fourth-order valence-electron chi connectivity index (χ4n) is 1.56. The third kappa shape index (κ3) is 3.01. The molecule has 0 saturated heterocycles. The molecule has 0 N–H and O–H groups in total. The second-order valence-electron chi connectivity index (χ2n) is 3.98. The van der Waals surface area contributed by atoms with Crippen LogP contribution in [-0.4, -0.2) is 4.92 Å². The number of aryl methyl sites for hydroxylation is 1. The molecule has 0 bridgehead atoms. The number of benzene rings is 1. The second kappa shape index (κ2) is 5.23. The van der Waals surface area contributed by atoms with E-state index in [4.69, 9.17) is 0 Å². The van der Waals surface area contributed by atoms with Gasteiger partial charge < -0.3 is 0 Å². The third-order valence-corrected chi connectivity index (χ3v) is 2.55. The van der Waals surface area contributed by atoms with Crippen molar-refractivity contribution in [1.29, 1.82) is 0 Å². The van der Waals surface area contributed by atoms with Crippen LogP contribution >= 0.6 is 0 Å². The van der Waals surface area contributed by atoms with E-state index in [-0.39, 0.29) is 10.6 Å². The molecule has 0 fully saturated rings. The number of nitro groups is 1. The highest BCUT2D eigenvalue weighted by atomic mass is 16.6. The zero-order chi connectivity index (χ0) is 13.0. The van der Waals surface area contributed by atoms with Crippen LogP contribution in [0.5, 0.6) is 0 Å². The van der Waals surface area contributed by atoms with Gasteiger partial charge in [-0.15, -0.1) is 0 Å². The van der Waals surface area contributed by atoms with E-state index in [1.54, 1.807) is 12.1 Å². The van der Waals surface area contributed by atoms with Crippen molar-refractivity contribution in [3.05, 3.63) is 70.0 Å². The Hall–Kier alpha value is -2.49. The average molecular weight is 241 g/mol. The maximum atomic E-state index is 10.6. The highest BCUT2D eigenvalue weighted by molar-refractivity contribution is 5.70. The van der Waals surface area contributed by atoms with E-state index in [1.165, 1.54) is 6.07 Å². The first-order valence-corrected chi connectivity index (χ1v) is 5.53. The van der Waals surface area contributed by atoms with E-state index >= 15 is 0 Å². The van der Waals surface area contributed by atoms with Crippen molar-refractivity contribution in [2.24, 2.45) is 7.05 Å². The first kappa shape index (κ1) is 12.0. The number of hydrogen-bond acceptors (Lipinski definition) is 2. The highest BCUT2D eigenvalue weighted by Gasteiger charge is 2.03. The summed E-state index contributed by atoms with van der Waals surface area (Å²) in [5.74, 6) is 0. The second-order valence-corrected chi connectivity index (χ2v) is 3.98. The molecule has 1 aromatic heterocycles. The van der Waals surface area contributed by atoms with Crippen molar-refractivity contribution >= 4 is 17.8 Å². The standard InChI is InChI=1S/C14H13N2O2/c1-15-9-7-12(8-10-15)5-6-13-3-2-4-14(11-13)16(17)18/h2-11H,1H3/q+1/b6-5+. The van der Waals surface area contributed by atoms with Crippen molar-refractivity contribution in [2.45, 2.75) is 0 Å². The van der Waals surface area contributed by atoms with Gasteiger partial charge in [-0.3, -0.25) is 10.1 Å². The Morgan fingerprint density at radius 3 is 2.44 bits per heavy atom. The van der Waals surface area contributed by atoms with Crippen LogP contribution in [0.1, 0.15) is 11.1 Å². The summed E-state index contributed by atoms with van der Waals surface area (Å²) in [5, 5.41) is 10.6. The van der Waals surface area contributed by atoms with Crippen molar-refractivity contribution in [2.75, 3.05) is 0 Å². The lowest BCUT2D eigenvalue weighted by atomic mass is 10.1. The molecule has 0 aliphatic rings. The normalized spacial score (nSPS) is 10.7. The monoisotopic (exact) mass is 241 g/mol. The largest absolute Gasteiger partial charge is 0.270 e. The Kier molecular flexibility index (Phi) is 3.48. The zero-order valence-corrected chi connectivity index (χ0v) is 9.98. The lowest BCUT2D eigenvalue weighted by Gasteiger charge is -1.95. The third-order valence-electron chi connectivity index (χ3n) is 2.55. The molecular formula is C14H13N2O2+. The summed E-state index contributed by atoms with van der Waals surface area (Å²) >= 11 is 0. The van der Waals surface area contributed by atoms with Gasteiger partial charge in [0.1, 0.15) is 7.05 Å². The summed E-state index contributed by atoms with van der Waals surface area (Å²) in [7, 11) is 1.95. The summed E-state index contributed by atoms with van der Waals surface area (Å²) in [6.07, 6.45) is 7.70. The van der Waals surface area contributed by atoms with Crippen LogP contribution in [-0.2, 0) is 7.05 Å². The number of nitro benzene ring substituents is 1. The van der Waals surface area contributed by atoms with E-state index in [2.05, 4.69) is 0 Å². The van der Waals surface area contributed by atoms with Crippen LogP contribution in [0.4, 0.5) is 5.69 Å². The van der Waals surface area contributed by atoms with Gasteiger partial charge in [0.15, 0.2) is 12.4 Å². The molecular weight excluding hydrogens is 228 g/mol. The van der Waals surface area contributed by atoms with E-state index in [0.29, 0.717) is 0 Å². The molecule has 0 saturated carbocycles. The Morgan fingerprint density at radius 1 is 1.11 bits per heavy atom. The summed E-state index contributed by atoms with van der Waals surface area (Å²) in [5.41, 5.74) is 1.98. The van der Waals surface area contributed by atoms with Crippen LogP contribution in [0, 0.1) is 10.1 Å². The molecule has 4 nitrogen and oxygen atoms in total. The van der Waals surface area contributed by atoms with Gasteiger partial charge in [0.25, 0.3) is 5.69 Å². The highest BCUT2D eigenvalue weighted by Crippen LogP contribution is 2.15. The molecule has 18 heavy (non-hydrogen) atoms. The molecule has 0 aliphatic heterocycles. The molecule has 0 unspecified atom stereocenters. The lowest BCUT2D eigenvalue weighted by molar-refractivity contribution is -0.671. The van der Waals surface area contributed by atoms with Crippen LogP contribution in [0.25, 0.3) is 12.2 Å². The zero-order valence-electron chi connectivity index (χ0n) is 9.98. The molecule has 0 atom stereocenters. The Balaban J connectivity index is 2.20. The molecule has 0 radical (unpaired) electrons. The van der Waals surface area contributed by atoms with E-state index in [0.717, 1.165) is 11.1 Å². The predicted molar refractivity (Wildman–Crippen MR) is 69.6 cm³/mol. The Labute approximate surface area is 105 Å². The molecule has 0 aliphatic carbocycles. The summed E-state index contributed by atoms with van der Waals surface area (Å²) in [4.78, 5) is 10.3. The number of nitrogens with zero attached hydrogens (tertiary/aromatic N) is 2. The number of pyridine rings is 1. The van der Waals surface area contributed by atoms with Crippen molar-refractivity contribution in [3.8, 4) is 0 Å². The molecule has 0 amide bonds. The van der Waals surface area contributed by atoms with Gasteiger partial charge >= 0.3 is 0 Å². The number of aromatic nitrogens is 1. The van der Waals surface area contributed by atoms with Crippen molar-refractivity contribution in [3.63, 3.8) is 0 Å². The summed E-state index contributed by atoms with van der Waals surface area (Å²) in [6, 6.07) is 10.5. The first-order valence-electron chi connectivity index (χ1n) is 5.53. The minimum Gasteiger partial charge on any atom is -0.258 e. The SMILES string of the molecule is C[n+]1ccc(/C=C/c2cccc([N+](=O)[O-])c2)cc1. The van der Waals surface area contributed by atoms with E-state index in [9.17, 15) is 10.1 Å². The predicted octanol–water partition coefficient (Wildman–Crippen LogP) is 2.59. The maximum absolute atomic E-state index is 10.6. The quantitative estimate of drug-likeness (QED) is 0.471.